The SMILES string of the molecule is c1ccc(-c2nc(-c3ccccc3)nc(-c3ccc(-n4c5ccc6cccc7c6c5c5c6c(ccc8cccc-7c86)ccc54)cc3)n2)cc1. The van der Waals surface area contributed by atoms with Gasteiger partial charge in [0.25, 0.3) is 0 Å². The number of hydrogen-bond donors (Lipinski definition) is 0. The maximum Gasteiger partial charge on any atom is 0.164 e. The summed E-state index contributed by atoms with van der Waals surface area (Å²) in [6.45, 7) is 0. The van der Waals surface area contributed by atoms with Gasteiger partial charge in [-0.15, -0.1) is 0 Å². The molecule has 0 atom stereocenters. The Labute approximate surface area is 281 Å². The third-order valence-electron chi connectivity index (χ3n) is 10.1. The highest BCUT2D eigenvalue weighted by Crippen LogP contribution is 2.49. The van der Waals surface area contributed by atoms with Crippen LogP contribution in [0.1, 0.15) is 0 Å². The smallest absolute Gasteiger partial charge is 0.164 e. The van der Waals surface area contributed by atoms with Crippen molar-refractivity contribution in [3.63, 3.8) is 0 Å². The van der Waals surface area contributed by atoms with E-state index in [4.69, 9.17) is 15.0 Å². The fourth-order valence-corrected chi connectivity index (χ4v) is 7.98. The van der Waals surface area contributed by atoms with Gasteiger partial charge in [0.2, 0.25) is 0 Å². The van der Waals surface area contributed by atoms with Crippen molar-refractivity contribution in [3.8, 4) is 51.0 Å². The summed E-state index contributed by atoms with van der Waals surface area (Å²) >= 11 is 0. The van der Waals surface area contributed by atoms with Crippen LogP contribution >= 0.6 is 0 Å². The summed E-state index contributed by atoms with van der Waals surface area (Å²) < 4.78 is 2.43. The first-order valence-electron chi connectivity index (χ1n) is 16.6. The Balaban J connectivity index is 1.15. The van der Waals surface area contributed by atoms with Crippen LogP contribution in [0.25, 0.3) is 105 Å². The van der Waals surface area contributed by atoms with Gasteiger partial charge in [0.1, 0.15) is 0 Å². The number of fused-ring (bicyclic) bond motifs is 1. The molecule has 0 N–H and O–H groups in total. The molecule has 0 amide bonds. The highest BCUT2D eigenvalue weighted by atomic mass is 15.0. The van der Waals surface area contributed by atoms with E-state index >= 15 is 0 Å². The molecule has 0 saturated heterocycles. The monoisotopic (exact) mass is 622 g/mol. The van der Waals surface area contributed by atoms with Gasteiger partial charge < -0.3 is 4.57 Å². The highest BCUT2D eigenvalue weighted by molar-refractivity contribution is 6.38. The molecule has 2 heterocycles. The fraction of sp³-hybridized carbons (Fsp3) is 0. The summed E-state index contributed by atoms with van der Waals surface area (Å²) in [5.74, 6) is 1.97. The van der Waals surface area contributed by atoms with Crippen LogP contribution in [0.2, 0.25) is 0 Å². The van der Waals surface area contributed by atoms with Crippen molar-refractivity contribution in [1.29, 1.82) is 0 Å². The Bertz CT molecular complexity index is 2900. The van der Waals surface area contributed by atoms with Crippen LogP contribution in [0.15, 0.2) is 158 Å². The average Bonchev–Trinajstić information content (AvgIpc) is 3.45. The average molecular weight is 623 g/mol. The molecular formula is C45H26N4. The zero-order valence-electron chi connectivity index (χ0n) is 26.3. The topological polar surface area (TPSA) is 43.6 Å². The van der Waals surface area contributed by atoms with E-state index in [0.29, 0.717) is 17.5 Å². The van der Waals surface area contributed by atoms with Crippen LogP contribution in [0.3, 0.4) is 0 Å². The van der Waals surface area contributed by atoms with Crippen molar-refractivity contribution in [2.24, 2.45) is 0 Å². The lowest BCUT2D eigenvalue weighted by Crippen LogP contribution is -2.00. The van der Waals surface area contributed by atoms with Gasteiger partial charge in [0, 0.05) is 38.5 Å². The van der Waals surface area contributed by atoms with Gasteiger partial charge in [0.05, 0.1) is 11.0 Å². The van der Waals surface area contributed by atoms with Crippen molar-refractivity contribution in [1.82, 2.24) is 19.5 Å². The van der Waals surface area contributed by atoms with Gasteiger partial charge in [-0.25, -0.2) is 15.0 Å². The standard InChI is InChI=1S/C45H26N4/c1-3-9-30(10-4-1)43-46-44(31-11-5-2-6-12-31)48-45(47-43)32-19-23-33(24-20-32)49-36-25-21-28-14-8-16-35-34-15-7-13-27-17-18-29-22-26-37(49)42(40(29)38(27)34)41(36)39(28)35/h1-26H. The predicted molar refractivity (Wildman–Crippen MR) is 202 cm³/mol. The van der Waals surface area contributed by atoms with Gasteiger partial charge in [-0.2, -0.15) is 0 Å². The molecule has 226 valence electrons. The summed E-state index contributed by atoms with van der Waals surface area (Å²) in [5.41, 5.74) is 8.98. The number of aromatic nitrogens is 4. The molecule has 10 aromatic rings. The van der Waals surface area contributed by atoms with Gasteiger partial charge in [0.15, 0.2) is 17.5 Å². The molecule has 2 aromatic heterocycles. The summed E-state index contributed by atoms with van der Waals surface area (Å²) in [6, 6.07) is 56.1. The van der Waals surface area contributed by atoms with E-state index < -0.39 is 0 Å². The summed E-state index contributed by atoms with van der Waals surface area (Å²) in [4.78, 5) is 14.8. The van der Waals surface area contributed by atoms with Gasteiger partial charge >= 0.3 is 0 Å². The molecule has 1 aliphatic rings. The Morgan fingerprint density at radius 1 is 0.306 bits per heavy atom. The van der Waals surface area contributed by atoms with Crippen LogP contribution in [-0.2, 0) is 0 Å². The van der Waals surface area contributed by atoms with E-state index in [0.717, 1.165) is 22.4 Å². The minimum atomic E-state index is 0.650. The predicted octanol–water partition coefficient (Wildman–Crippen LogP) is 11.4. The third kappa shape index (κ3) is 3.77. The largest absolute Gasteiger partial charge is 0.309 e. The number of benzene rings is 8. The van der Waals surface area contributed by atoms with Crippen molar-refractivity contribution < 1.29 is 0 Å². The van der Waals surface area contributed by atoms with Gasteiger partial charge in [-0.3, -0.25) is 0 Å². The van der Waals surface area contributed by atoms with E-state index in [9.17, 15) is 0 Å². The molecule has 8 aromatic carbocycles. The lowest BCUT2D eigenvalue weighted by molar-refractivity contribution is 1.07. The van der Waals surface area contributed by atoms with Crippen molar-refractivity contribution in [2.75, 3.05) is 0 Å². The molecule has 0 saturated carbocycles. The molecule has 11 rings (SSSR count). The van der Waals surface area contributed by atoms with Crippen LogP contribution in [0.5, 0.6) is 0 Å². The Kier molecular flexibility index (Phi) is 5.35. The van der Waals surface area contributed by atoms with Crippen molar-refractivity contribution in [2.45, 2.75) is 0 Å². The van der Waals surface area contributed by atoms with Crippen molar-refractivity contribution >= 4 is 54.1 Å². The van der Waals surface area contributed by atoms with E-state index in [2.05, 4.69) is 102 Å². The second-order valence-corrected chi connectivity index (χ2v) is 12.8. The number of nitrogens with zero attached hydrogens (tertiary/aromatic N) is 4. The molecule has 1 aliphatic carbocycles. The van der Waals surface area contributed by atoms with Crippen LogP contribution in [0, 0.1) is 0 Å². The molecule has 4 nitrogen and oxygen atoms in total. The number of rotatable bonds is 4. The summed E-state index contributed by atoms with van der Waals surface area (Å²) in [7, 11) is 0. The Morgan fingerprint density at radius 3 is 1.27 bits per heavy atom. The van der Waals surface area contributed by atoms with Gasteiger partial charge in [-0.1, -0.05) is 121 Å². The zero-order chi connectivity index (χ0) is 32.1. The quantitative estimate of drug-likeness (QED) is 0.183. The maximum atomic E-state index is 4.96. The lowest BCUT2D eigenvalue weighted by atomic mass is 9.93. The molecule has 0 bridgehead atoms. The molecular weight excluding hydrogens is 597 g/mol. The molecule has 0 aliphatic heterocycles. The molecule has 0 fully saturated rings. The molecule has 4 heteroatoms. The van der Waals surface area contributed by atoms with E-state index in [1.165, 1.54) is 65.3 Å². The Hall–Kier alpha value is -6.65. The highest BCUT2D eigenvalue weighted by Gasteiger charge is 2.24. The molecule has 0 spiro atoms. The zero-order valence-corrected chi connectivity index (χ0v) is 26.3. The fourth-order valence-electron chi connectivity index (χ4n) is 7.98. The van der Waals surface area contributed by atoms with Crippen LogP contribution in [0.4, 0.5) is 0 Å². The van der Waals surface area contributed by atoms with E-state index in [-0.39, 0.29) is 0 Å². The normalized spacial score (nSPS) is 12.1. The Morgan fingerprint density at radius 2 is 0.735 bits per heavy atom. The third-order valence-corrected chi connectivity index (χ3v) is 10.1. The van der Waals surface area contributed by atoms with Gasteiger partial charge in [-0.05, 0) is 74.5 Å². The maximum absolute atomic E-state index is 4.96. The van der Waals surface area contributed by atoms with E-state index in [1.54, 1.807) is 0 Å². The summed E-state index contributed by atoms with van der Waals surface area (Å²) in [5, 5.41) is 10.4. The molecule has 49 heavy (non-hydrogen) atoms. The van der Waals surface area contributed by atoms with Crippen molar-refractivity contribution in [3.05, 3.63) is 158 Å². The second kappa shape index (κ2) is 9.93. The first-order valence-corrected chi connectivity index (χ1v) is 16.6. The summed E-state index contributed by atoms with van der Waals surface area (Å²) in [6.07, 6.45) is 0. The molecule has 0 unspecified atom stereocenters. The minimum Gasteiger partial charge on any atom is -0.309 e. The molecule has 0 radical (unpaired) electrons. The first kappa shape index (κ1) is 26.4. The first-order chi connectivity index (χ1) is 24.3. The second-order valence-electron chi connectivity index (χ2n) is 12.8. The van der Waals surface area contributed by atoms with Crippen LogP contribution in [-0.4, -0.2) is 19.5 Å². The van der Waals surface area contributed by atoms with E-state index in [1.807, 2.05) is 60.7 Å². The number of hydrogen-bond acceptors (Lipinski definition) is 3. The lowest BCUT2D eigenvalue weighted by Gasteiger charge is -2.14. The minimum absolute atomic E-state index is 0.650. The van der Waals surface area contributed by atoms with Crippen LogP contribution < -0.4 is 0 Å².